The van der Waals surface area contributed by atoms with E-state index in [1.807, 2.05) is 0 Å². The van der Waals surface area contributed by atoms with Gasteiger partial charge in [-0.2, -0.15) is 0 Å². The first kappa shape index (κ1) is 28.7. The highest BCUT2D eigenvalue weighted by Crippen LogP contribution is 2.32. The minimum Gasteiger partial charge on any atom is -0.467 e. The van der Waals surface area contributed by atoms with Crippen LogP contribution in [0.5, 0.6) is 0 Å². The van der Waals surface area contributed by atoms with Crippen molar-refractivity contribution >= 4 is 17.8 Å². The number of aliphatic hydroxyl groups excluding tert-OH is 4. The van der Waals surface area contributed by atoms with E-state index in [0.717, 1.165) is 0 Å². The summed E-state index contributed by atoms with van der Waals surface area (Å²) in [5, 5.41) is 44.5. The lowest BCUT2D eigenvalue weighted by atomic mass is 9.92. The van der Waals surface area contributed by atoms with Crippen LogP contribution in [-0.2, 0) is 38.1 Å². The van der Waals surface area contributed by atoms with Crippen LogP contribution in [0.1, 0.15) is 26.7 Å². The Balaban J connectivity index is 1.86. The van der Waals surface area contributed by atoms with Crippen molar-refractivity contribution in [3.63, 3.8) is 0 Å². The molecule has 0 bridgehead atoms. The van der Waals surface area contributed by atoms with Crippen molar-refractivity contribution < 1.29 is 58.5 Å². The minimum atomic E-state index is -1.70. The zero-order valence-electron chi connectivity index (χ0n) is 20.7. The molecular weight excluding hydrogens is 484 g/mol. The lowest BCUT2D eigenvalue weighted by Crippen LogP contribution is -2.68. The second-order valence-electron chi connectivity index (χ2n) is 9.20. The summed E-state index contributed by atoms with van der Waals surface area (Å²) in [6.07, 6.45) is -11.3. The van der Waals surface area contributed by atoms with Crippen molar-refractivity contribution in [1.82, 2.24) is 10.2 Å². The predicted molar refractivity (Wildman–Crippen MR) is 118 cm³/mol. The Morgan fingerprint density at radius 1 is 1.06 bits per heavy atom. The van der Waals surface area contributed by atoms with Gasteiger partial charge in [0.25, 0.3) is 5.91 Å². The number of esters is 1. The SMILES string of the molecule is COC(=O)C1CCCN1C(=O)C1OC(OC2C(O)C(CO)OC(C)C2NC(C)=O)C(O)C(O)C1OC. The van der Waals surface area contributed by atoms with Crippen LogP contribution in [0.2, 0.25) is 0 Å². The Hall–Kier alpha value is -1.91. The molecule has 36 heavy (non-hydrogen) atoms. The molecule has 0 aromatic rings. The van der Waals surface area contributed by atoms with E-state index in [2.05, 4.69) is 5.32 Å². The number of aliphatic hydroxyl groups is 4. The summed E-state index contributed by atoms with van der Waals surface area (Å²) in [6.45, 7) is 2.56. The van der Waals surface area contributed by atoms with Crippen LogP contribution in [0.15, 0.2) is 0 Å². The molecule has 0 saturated carbocycles. The molecular formula is C22H36N2O12. The molecule has 3 rings (SSSR count). The topological polar surface area (TPSA) is 194 Å². The number of likely N-dealkylation sites (tertiary alicyclic amines) is 1. The van der Waals surface area contributed by atoms with E-state index < -0.39 is 91.6 Å². The lowest BCUT2D eigenvalue weighted by Gasteiger charge is -2.47. The summed E-state index contributed by atoms with van der Waals surface area (Å²) in [7, 11) is 2.45. The van der Waals surface area contributed by atoms with E-state index in [1.54, 1.807) is 6.92 Å². The zero-order chi connectivity index (χ0) is 26.7. The molecule has 14 heteroatoms. The van der Waals surface area contributed by atoms with Gasteiger partial charge in [-0.05, 0) is 19.8 Å². The van der Waals surface area contributed by atoms with Crippen molar-refractivity contribution in [2.24, 2.45) is 0 Å². The highest BCUT2D eigenvalue weighted by Gasteiger charge is 2.54. The fraction of sp³-hybridized carbons (Fsp3) is 0.864. The number of rotatable bonds is 7. The number of ether oxygens (including phenoxy) is 5. The molecule has 0 aromatic heterocycles. The molecule has 0 spiro atoms. The lowest BCUT2D eigenvalue weighted by molar-refractivity contribution is -0.326. The van der Waals surface area contributed by atoms with Crippen molar-refractivity contribution in [2.75, 3.05) is 27.4 Å². The average molecular weight is 521 g/mol. The number of amides is 2. The van der Waals surface area contributed by atoms with E-state index in [9.17, 15) is 34.8 Å². The van der Waals surface area contributed by atoms with Gasteiger partial charge in [-0.3, -0.25) is 9.59 Å². The molecule has 3 aliphatic rings. The third kappa shape index (κ3) is 5.65. The molecule has 11 unspecified atom stereocenters. The van der Waals surface area contributed by atoms with Crippen LogP contribution in [0.3, 0.4) is 0 Å². The highest BCUT2D eigenvalue weighted by atomic mass is 16.7. The molecule has 0 radical (unpaired) electrons. The zero-order valence-corrected chi connectivity index (χ0v) is 20.7. The third-order valence-corrected chi connectivity index (χ3v) is 6.88. The highest BCUT2D eigenvalue weighted by molar-refractivity contribution is 5.88. The van der Waals surface area contributed by atoms with E-state index in [1.165, 1.54) is 26.0 Å². The standard InChI is InChI=1S/C22H36N2O12/c1-9-13(23-10(2)26)17(14(27)12(8-25)34-9)35-22-16(29)15(28)18(32-3)19(36-22)20(30)24-7-5-6-11(24)21(31)33-4/h9,11-19,22,25,27-29H,5-8H2,1-4H3,(H,23,26). The van der Waals surface area contributed by atoms with Gasteiger partial charge >= 0.3 is 5.97 Å². The Bertz CT molecular complexity index is 799. The summed E-state index contributed by atoms with van der Waals surface area (Å²) >= 11 is 0. The van der Waals surface area contributed by atoms with Gasteiger partial charge in [-0.1, -0.05) is 0 Å². The average Bonchev–Trinajstić information content (AvgIpc) is 3.34. The Morgan fingerprint density at radius 2 is 1.75 bits per heavy atom. The van der Waals surface area contributed by atoms with E-state index in [-0.39, 0.29) is 6.54 Å². The summed E-state index contributed by atoms with van der Waals surface area (Å²) in [5.74, 6) is -1.70. The van der Waals surface area contributed by atoms with Gasteiger partial charge in [-0.25, -0.2) is 4.79 Å². The van der Waals surface area contributed by atoms with Gasteiger partial charge in [0.1, 0.15) is 42.7 Å². The van der Waals surface area contributed by atoms with Gasteiger partial charge in [0.05, 0.1) is 25.9 Å². The van der Waals surface area contributed by atoms with Crippen LogP contribution >= 0.6 is 0 Å². The molecule has 14 nitrogen and oxygen atoms in total. The summed E-state index contributed by atoms with van der Waals surface area (Å²) in [6, 6.07) is -1.75. The number of hydrogen-bond donors (Lipinski definition) is 5. The van der Waals surface area contributed by atoms with Gasteiger partial charge in [0.2, 0.25) is 5.91 Å². The Labute approximate surface area is 208 Å². The maximum absolute atomic E-state index is 13.4. The normalized spacial score (nSPS) is 41.1. The Morgan fingerprint density at radius 3 is 2.33 bits per heavy atom. The molecule has 3 fully saturated rings. The number of hydrogen-bond acceptors (Lipinski definition) is 12. The monoisotopic (exact) mass is 520 g/mol. The third-order valence-electron chi connectivity index (χ3n) is 6.88. The first-order chi connectivity index (χ1) is 17.0. The fourth-order valence-electron chi connectivity index (χ4n) is 5.02. The van der Waals surface area contributed by atoms with Gasteiger partial charge in [0, 0.05) is 20.6 Å². The van der Waals surface area contributed by atoms with E-state index in [4.69, 9.17) is 23.7 Å². The molecule has 206 valence electrons. The summed E-state index contributed by atoms with van der Waals surface area (Å²) < 4.78 is 27.3. The van der Waals surface area contributed by atoms with E-state index >= 15 is 0 Å². The largest absolute Gasteiger partial charge is 0.467 e. The minimum absolute atomic E-state index is 0.248. The Kier molecular flexibility index (Phi) is 9.62. The number of nitrogens with zero attached hydrogens (tertiary/aromatic N) is 1. The quantitative estimate of drug-likeness (QED) is 0.210. The van der Waals surface area contributed by atoms with Crippen LogP contribution in [0.4, 0.5) is 0 Å². The maximum Gasteiger partial charge on any atom is 0.328 e. The molecule has 11 atom stereocenters. The van der Waals surface area contributed by atoms with Gasteiger partial charge in [0.15, 0.2) is 12.4 Å². The molecule has 3 aliphatic heterocycles. The van der Waals surface area contributed by atoms with Crippen LogP contribution in [0.25, 0.3) is 0 Å². The number of carbonyl (C=O) groups is 3. The summed E-state index contributed by atoms with van der Waals surface area (Å²) in [5.41, 5.74) is 0. The van der Waals surface area contributed by atoms with Crippen molar-refractivity contribution in [2.45, 2.75) is 93.9 Å². The molecule has 0 aromatic carbocycles. The van der Waals surface area contributed by atoms with Crippen molar-refractivity contribution in [1.29, 1.82) is 0 Å². The van der Waals surface area contributed by atoms with E-state index in [0.29, 0.717) is 12.8 Å². The molecule has 2 amide bonds. The van der Waals surface area contributed by atoms with Crippen LogP contribution in [0, 0.1) is 0 Å². The molecule has 3 saturated heterocycles. The second kappa shape index (κ2) is 12.1. The predicted octanol–water partition coefficient (Wildman–Crippen LogP) is -3.36. The van der Waals surface area contributed by atoms with Crippen molar-refractivity contribution in [3.05, 3.63) is 0 Å². The number of carbonyl (C=O) groups excluding carboxylic acids is 3. The fourth-order valence-corrected chi connectivity index (χ4v) is 5.02. The number of methoxy groups -OCH3 is 2. The van der Waals surface area contributed by atoms with Crippen LogP contribution in [-0.4, -0.2) is 138 Å². The summed E-state index contributed by atoms with van der Waals surface area (Å²) in [4.78, 5) is 38.6. The smallest absolute Gasteiger partial charge is 0.328 e. The van der Waals surface area contributed by atoms with Gasteiger partial charge < -0.3 is 54.3 Å². The maximum atomic E-state index is 13.4. The number of nitrogens with one attached hydrogen (secondary N) is 1. The first-order valence-corrected chi connectivity index (χ1v) is 11.8. The molecule has 3 heterocycles. The first-order valence-electron chi connectivity index (χ1n) is 11.8. The van der Waals surface area contributed by atoms with Crippen LogP contribution < -0.4 is 5.32 Å². The second-order valence-corrected chi connectivity index (χ2v) is 9.20. The molecule has 0 aliphatic carbocycles. The molecule has 5 N–H and O–H groups in total. The van der Waals surface area contributed by atoms with Gasteiger partial charge in [-0.15, -0.1) is 0 Å². The van der Waals surface area contributed by atoms with Crippen molar-refractivity contribution in [3.8, 4) is 0 Å².